The van der Waals surface area contributed by atoms with Gasteiger partial charge in [0.05, 0.1) is 11.2 Å². The first-order valence-corrected chi connectivity index (χ1v) is 7.85. The first kappa shape index (κ1) is 12.8. The lowest BCUT2D eigenvalue weighted by molar-refractivity contribution is 0.221. The number of aromatic nitrogens is 1. The fourth-order valence-corrected chi connectivity index (χ4v) is 3.63. The van der Waals surface area contributed by atoms with Gasteiger partial charge >= 0.3 is 0 Å². The van der Waals surface area contributed by atoms with Crippen LogP contribution in [-0.4, -0.2) is 34.0 Å². The molecule has 1 saturated heterocycles. The number of benzene rings is 1. The topological polar surface area (TPSA) is 42.1 Å². The van der Waals surface area contributed by atoms with Crippen molar-refractivity contribution in [1.29, 1.82) is 0 Å². The van der Waals surface area contributed by atoms with Crippen molar-refractivity contribution in [3.63, 3.8) is 0 Å². The summed E-state index contributed by atoms with van der Waals surface area (Å²) in [5.41, 5.74) is 9.04. The van der Waals surface area contributed by atoms with Gasteiger partial charge in [-0.25, -0.2) is 0 Å². The Bertz CT molecular complexity index is 585. The number of pyridine rings is 1. The third-order valence-electron chi connectivity index (χ3n) is 3.67. The van der Waals surface area contributed by atoms with Crippen LogP contribution in [0.5, 0.6) is 0 Å². The molecule has 2 N–H and O–H groups in total. The standard InChI is InChI=1S/C15H19N3S/c1-11-10-19-7-6-18(11)9-12-8-14(16)13-4-2-3-5-15(13)17-12/h2-5,8,11H,6-7,9-10H2,1H3,(H2,16,17). The minimum atomic E-state index is 0.619. The van der Waals surface area contributed by atoms with E-state index in [4.69, 9.17) is 10.7 Å². The summed E-state index contributed by atoms with van der Waals surface area (Å²) in [5.74, 6) is 2.43. The maximum absolute atomic E-state index is 6.13. The van der Waals surface area contributed by atoms with Crippen LogP contribution in [0.4, 0.5) is 5.69 Å². The highest BCUT2D eigenvalue weighted by Crippen LogP contribution is 2.23. The summed E-state index contributed by atoms with van der Waals surface area (Å²) in [7, 11) is 0. The monoisotopic (exact) mass is 273 g/mol. The number of fused-ring (bicyclic) bond motifs is 1. The molecule has 0 radical (unpaired) electrons. The highest BCUT2D eigenvalue weighted by Gasteiger charge is 2.19. The predicted molar refractivity (Wildman–Crippen MR) is 83.4 cm³/mol. The van der Waals surface area contributed by atoms with E-state index in [0.717, 1.165) is 35.4 Å². The summed E-state index contributed by atoms with van der Waals surface area (Å²) in [6.45, 7) is 4.33. The molecular formula is C15H19N3S. The van der Waals surface area contributed by atoms with Gasteiger partial charge in [0.1, 0.15) is 0 Å². The number of thioether (sulfide) groups is 1. The zero-order valence-corrected chi connectivity index (χ0v) is 12.0. The Labute approximate surface area is 118 Å². The molecule has 0 aliphatic carbocycles. The Morgan fingerprint density at radius 3 is 3.11 bits per heavy atom. The number of rotatable bonds is 2. The van der Waals surface area contributed by atoms with Gasteiger partial charge in [0, 0.05) is 41.7 Å². The molecule has 1 atom stereocenters. The third-order valence-corrected chi connectivity index (χ3v) is 4.86. The second-order valence-corrected chi connectivity index (χ2v) is 6.26. The number of nitrogens with two attached hydrogens (primary N) is 1. The molecular weight excluding hydrogens is 254 g/mol. The van der Waals surface area contributed by atoms with Crippen molar-refractivity contribution in [1.82, 2.24) is 9.88 Å². The lowest BCUT2D eigenvalue weighted by Gasteiger charge is -2.32. The Hall–Kier alpha value is -1.26. The number of para-hydroxylation sites is 1. The summed E-state index contributed by atoms with van der Waals surface area (Å²) in [5, 5.41) is 1.05. The van der Waals surface area contributed by atoms with Crippen molar-refractivity contribution in [3.05, 3.63) is 36.0 Å². The van der Waals surface area contributed by atoms with Crippen molar-refractivity contribution in [2.45, 2.75) is 19.5 Å². The van der Waals surface area contributed by atoms with Gasteiger partial charge in [-0.3, -0.25) is 9.88 Å². The number of hydrogen-bond donors (Lipinski definition) is 1. The van der Waals surface area contributed by atoms with Crippen molar-refractivity contribution >= 4 is 28.4 Å². The van der Waals surface area contributed by atoms with Gasteiger partial charge in [-0.2, -0.15) is 11.8 Å². The quantitative estimate of drug-likeness (QED) is 0.913. The van der Waals surface area contributed by atoms with Gasteiger partial charge in [-0.1, -0.05) is 18.2 Å². The van der Waals surface area contributed by atoms with Crippen LogP contribution < -0.4 is 5.73 Å². The zero-order chi connectivity index (χ0) is 13.2. The van der Waals surface area contributed by atoms with E-state index in [-0.39, 0.29) is 0 Å². The Morgan fingerprint density at radius 2 is 2.26 bits per heavy atom. The van der Waals surface area contributed by atoms with E-state index in [1.54, 1.807) is 0 Å². The summed E-state index contributed by atoms with van der Waals surface area (Å²) in [4.78, 5) is 7.23. The van der Waals surface area contributed by atoms with E-state index in [1.165, 1.54) is 11.5 Å². The van der Waals surface area contributed by atoms with Crippen LogP contribution in [0.1, 0.15) is 12.6 Å². The van der Waals surface area contributed by atoms with Crippen LogP contribution in [0, 0.1) is 0 Å². The Balaban J connectivity index is 1.88. The van der Waals surface area contributed by atoms with E-state index in [2.05, 4.69) is 11.8 Å². The SMILES string of the molecule is CC1CSCCN1Cc1cc(N)c2ccccc2n1. The molecule has 2 heterocycles. The first-order chi connectivity index (χ1) is 9.24. The normalized spacial score (nSPS) is 20.8. The van der Waals surface area contributed by atoms with Crippen LogP contribution in [0.25, 0.3) is 10.9 Å². The van der Waals surface area contributed by atoms with Gasteiger partial charge in [-0.05, 0) is 19.1 Å². The van der Waals surface area contributed by atoms with Crippen molar-refractivity contribution < 1.29 is 0 Å². The molecule has 1 unspecified atom stereocenters. The predicted octanol–water partition coefficient (Wildman–Crippen LogP) is 2.75. The largest absolute Gasteiger partial charge is 0.398 e. The van der Waals surface area contributed by atoms with Crippen molar-refractivity contribution in [2.75, 3.05) is 23.8 Å². The van der Waals surface area contributed by atoms with Gasteiger partial charge in [0.2, 0.25) is 0 Å². The minimum absolute atomic E-state index is 0.619. The Kier molecular flexibility index (Phi) is 3.62. The summed E-state index contributed by atoms with van der Waals surface area (Å²) < 4.78 is 0. The third kappa shape index (κ3) is 2.69. The lowest BCUT2D eigenvalue weighted by atomic mass is 10.1. The molecule has 2 aromatic rings. The van der Waals surface area contributed by atoms with E-state index >= 15 is 0 Å². The summed E-state index contributed by atoms with van der Waals surface area (Å²) in [6.07, 6.45) is 0. The zero-order valence-electron chi connectivity index (χ0n) is 11.2. The molecule has 1 fully saturated rings. The van der Waals surface area contributed by atoms with Crippen LogP contribution in [0.3, 0.4) is 0 Å². The molecule has 0 amide bonds. The van der Waals surface area contributed by atoms with E-state index in [9.17, 15) is 0 Å². The van der Waals surface area contributed by atoms with Gasteiger partial charge in [-0.15, -0.1) is 0 Å². The van der Waals surface area contributed by atoms with E-state index < -0.39 is 0 Å². The molecule has 19 heavy (non-hydrogen) atoms. The fourth-order valence-electron chi connectivity index (χ4n) is 2.54. The number of anilines is 1. The average Bonchev–Trinajstić information content (AvgIpc) is 2.42. The molecule has 1 aliphatic rings. The number of hydrogen-bond acceptors (Lipinski definition) is 4. The molecule has 3 nitrogen and oxygen atoms in total. The first-order valence-electron chi connectivity index (χ1n) is 6.70. The molecule has 3 rings (SSSR count). The lowest BCUT2D eigenvalue weighted by Crippen LogP contribution is -2.39. The minimum Gasteiger partial charge on any atom is -0.398 e. The van der Waals surface area contributed by atoms with Crippen molar-refractivity contribution in [2.24, 2.45) is 0 Å². The summed E-state index contributed by atoms with van der Waals surface area (Å²) in [6, 6.07) is 10.7. The van der Waals surface area contributed by atoms with Gasteiger partial charge in [0.15, 0.2) is 0 Å². The molecule has 0 saturated carbocycles. The van der Waals surface area contributed by atoms with Gasteiger partial charge in [0.25, 0.3) is 0 Å². The van der Waals surface area contributed by atoms with E-state index in [1.807, 2.05) is 42.1 Å². The average molecular weight is 273 g/mol. The van der Waals surface area contributed by atoms with Gasteiger partial charge < -0.3 is 5.73 Å². The Morgan fingerprint density at radius 1 is 1.42 bits per heavy atom. The second-order valence-electron chi connectivity index (χ2n) is 5.11. The summed E-state index contributed by atoms with van der Waals surface area (Å²) >= 11 is 2.04. The molecule has 1 aromatic heterocycles. The number of nitrogen functional groups attached to an aromatic ring is 1. The number of nitrogens with zero attached hydrogens (tertiary/aromatic N) is 2. The molecule has 4 heteroatoms. The molecule has 100 valence electrons. The second kappa shape index (κ2) is 5.39. The van der Waals surface area contributed by atoms with Crippen LogP contribution in [0.2, 0.25) is 0 Å². The highest BCUT2D eigenvalue weighted by molar-refractivity contribution is 7.99. The fraction of sp³-hybridized carbons (Fsp3) is 0.400. The van der Waals surface area contributed by atoms with Crippen LogP contribution in [-0.2, 0) is 6.54 Å². The molecule has 0 bridgehead atoms. The molecule has 1 aromatic carbocycles. The van der Waals surface area contributed by atoms with E-state index in [0.29, 0.717) is 6.04 Å². The van der Waals surface area contributed by atoms with Crippen LogP contribution in [0.15, 0.2) is 30.3 Å². The van der Waals surface area contributed by atoms with Crippen LogP contribution >= 0.6 is 11.8 Å². The molecule has 0 spiro atoms. The molecule has 1 aliphatic heterocycles. The maximum atomic E-state index is 6.13. The highest BCUT2D eigenvalue weighted by atomic mass is 32.2. The van der Waals surface area contributed by atoms with Crippen molar-refractivity contribution in [3.8, 4) is 0 Å². The maximum Gasteiger partial charge on any atom is 0.0726 e. The smallest absolute Gasteiger partial charge is 0.0726 e.